The summed E-state index contributed by atoms with van der Waals surface area (Å²) < 4.78 is 2.48. The van der Waals surface area contributed by atoms with E-state index in [1.807, 2.05) is 0 Å². The Balaban J connectivity index is 1.40. The van der Waals surface area contributed by atoms with Gasteiger partial charge in [0, 0.05) is 48.6 Å². The summed E-state index contributed by atoms with van der Waals surface area (Å²) in [5.41, 5.74) is 11.1. The van der Waals surface area contributed by atoms with Gasteiger partial charge in [0.15, 0.2) is 0 Å². The number of rotatable bonds is 8. The number of carbonyl (C=O) groups excluding carboxylic acids is 1. The van der Waals surface area contributed by atoms with Gasteiger partial charge in [-0.3, -0.25) is 4.79 Å². The molecule has 2 aliphatic rings. The normalized spacial score (nSPS) is 21.9. The third-order valence-electron chi connectivity index (χ3n) is 8.69. The van der Waals surface area contributed by atoms with E-state index in [9.17, 15) is 4.79 Å². The fourth-order valence-electron chi connectivity index (χ4n) is 6.55. The maximum Gasteiger partial charge on any atom is 0.220 e. The minimum Gasteiger partial charge on any atom is -0.356 e. The summed E-state index contributed by atoms with van der Waals surface area (Å²) >= 11 is 0. The molecule has 0 radical (unpaired) electrons. The number of nitrogens with one attached hydrogen (secondary N) is 1. The topological polar surface area (TPSA) is 60.1 Å². The number of nitrogens with two attached hydrogens (primary N) is 1. The molecule has 1 unspecified atom stereocenters. The summed E-state index contributed by atoms with van der Waals surface area (Å²) in [5.74, 6) is 1.51. The second kappa shape index (κ2) is 11.6. The van der Waals surface area contributed by atoms with Gasteiger partial charge in [-0.15, -0.1) is 0 Å². The van der Waals surface area contributed by atoms with Crippen LogP contribution in [0.2, 0.25) is 0 Å². The minimum atomic E-state index is 0.0437. The van der Waals surface area contributed by atoms with Gasteiger partial charge in [-0.25, -0.2) is 0 Å². The van der Waals surface area contributed by atoms with E-state index in [4.69, 9.17) is 5.73 Å². The van der Waals surface area contributed by atoms with Gasteiger partial charge < -0.3 is 15.6 Å². The van der Waals surface area contributed by atoms with Crippen LogP contribution in [0.3, 0.4) is 0 Å². The highest BCUT2D eigenvalue weighted by molar-refractivity contribution is 5.86. The van der Waals surface area contributed by atoms with Crippen molar-refractivity contribution in [2.24, 2.45) is 17.6 Å². The zero-order chi connectivity index (χ0) is 24.9. The fourth-order valence-corrected chi connectivity index (χ4v) is 6.55. The lowest BCUT2D eigenvalue weighted by molar-refractivity contribution is -0.121. The molecule has 2 aliphatic carbocycles. The van der Waals surface area contributed by atoms with Crippen LogP contribution < -0.4 is 11.1 Å². The lowest BCUT2D eigenvalue weighted by atomic mass is 9.86. The molecule has 0 bridgehead atoms. The van der Waals surface area contributed by atoms with Gasteiger partial charge in [-0.2, -0.15) is 0 Å². The van der Waals surface area contributed by atoms with E-state index in [2.05, 4.69) is 71.5 Å². The average Bonchev–Trinajstić information content (AvgIpc) is 3.25. The highest BCUT2D eigenvalue weighted by atomic mass is 16.1. The lowest BCUT2D eigenvalue weighted by Gasteiger charge is -2.26. The maximum atomic E-state index is 13.3. The fraction of sp³-hybridized carbons (Fsp3) is 0.531. The number of aromatic nitrogens is 1. The highest BCUT2D eigenvalue weighted by Crippen LogP contribution is 2.36. The van der Waals surface area contributed by atoms with Gasteiger partial charge >= 0.3 is 0 Å². The Morgan fingerprint density at radius 2 is 1.75 bits per heavy atom. The van der Waals surface area contributed by atoms with E-state index in [1.54, 1.807) is 0 Å². The molecule has 5 rings (SSSR count). The van der Waals surface area contributed by atoms with Crippen LogP contribution in [0, 0.1) is 18.8 Å². The van der Waals surface area contributed by atoms with E-state index in [1.165, 1.54) is 59.7 Å². The van der Waals surface area contributed by atoms with E-state index >= 15 is 0 Å². The molecule has 0 aliphatic heterocycles. The van der Waals surface area contributed by atoms with Gasteiger partial charge in [0.2, 0.25) is 5.91 Å². The number of hydrogen-bond donors (Lipinski definition) is 2. The predicted octanol–water partition coefficient (Wildman–Crippen LogP) is 6.69. The molecular weight excluding hydrogens is 442 g/mol. The molecule has 0 saturated heterocycles. The van der Waals surface area contributed by atoms with Crippen molar-refractivity contribution in [3.05, 3.63) is 71.4 Å². The molecule has 192 valence electrons. The Morgan fingerprint density at radius 3 is 2.53 bits per heavy atom. The van der Waals surface area contributed by atoms with Crippen molar-refractivity contribution in [2.75, 3.05) is 6.54 Å². The summed E-state index contributed by atoms with van der Waals surface area (Å²) in [6, 6.07) is 17.8. The molecule has 1 atom stereocenters. The standard InChI is InChI=1S/C32H43N3O/c1-23-8-7-11-26(18-23)29(19-32(36)34-20-24-14-16-27(33)17-15-24)30-22-35(21-25-9-3-2-4-10-25)31-13-6-5-12-28(30)31/h5-8,11-13,18,22,24-25,27,29H,2-4,9-10,14-17,19-21,33H2,1H3,(H,34,36)/t24-,27+,29?. The highest BCUT2D eigenvalue weighted by Gasteiger charge is 2.25. The second-order valence-electron chi connectivity index (χ2n) is 11.5. The van der Waals surface area contributed by atoms with Crippen molar-refractivity contribution < 1.29 is 4.79 Å². The number of carbonyl (C=O) groups is 1. The Labute approximate surface area is 216 Å². The third kappa shape index (κ3) is 6.03. The summed E-state index contributed by atoms with van der Waals surface area (Å²) in [5, 5.41) is 4.57. The SMILES string of the molecule is Cc1cccc(C(CC(=O)NC[C@H]2CC[C@@H](N)CC2)c2cn(CC3CCCCC3)c3ccccc23)c1. The number of amides is 1. The molecule has 2 aromatic carbocycles. The van der Waals surface area contributed by atoms with Crippen molar-refractivity contribution in [2.45, 2.75) is 89.6 Å². The van der Waals surface area contributed by atoms with E-state index < -0.39 is 0 Å². The van der Waals surface area contributed by atoms with Crippen LogP contribution >= 0.6 is 0 Å². The number of aryl methyl sites for hydroxylation is 1. The molecule has 0 spiro atoms. The van der Waals surface area contributed by atoms with E-state index in [-0.39, 0.29) is 11.8 Å². The minimum absolute atomic E-state index is 0.0437. The van der Waals surface area contributed by atoms with Crippen molar-refractivity contribution in [3.8, 4) is 0 Å². The molecule has 4 heteroatoms. The maximum absolute atomic E-state index is 13.3. The third-order valence-corrected chi connectivity index (χ3v) is 8.69. The van der Waals surface area contributed by atoms with Crippen LogP contribution in [-0.4, -0.2) is 23.1 Å². The number of para-hydroxylation sites is 1. The van der Waals surface area contributed by atoms with Crippen molar-refractivity contribution in [1.82, 2.24) is 9.88 Å². The Morgan fingerprint density at radius 1 is 0.972 bits per heavy atom. The smallest absolute Gasteiger partial charge is 0.220 e. The summed E-state index contributed by atoms with van der Waals surface area (Å²) in [7, 11) is 0. The van der Waals surface area contributed by atoms with Crippen LogP contribution in [0.15, 0.2) is 54.7 Å². The van der Waals surface area contributed by atoms with Crippen LogP contribution in [0.1, 0.15) is 86.8 Å². The monoisotopic (exact) mass is 485 g/mol. The molecule has 3 N–H and O–H groups in total. The van der Waals surface area contributed by atoms with E-state index in [0.717, 1.165) is 44.7 Å². The molecule has 3 aromatic rings. The van der Waals surface area contributed by atoms with Crippen LogP contribution in [0.5, 0.6) is 0 Å². The molecule has 1 heterocycles. The van der Waals surface area contributed by atoms with Crippen LogP contribution in [0.4, 0.5) is 0 Å². The van der Waals surface area contributed by atoms with E-state index in [0.29, 0.717) is 18.4 Å². The van der Waals surface area contributed by atoms with Gasteiger partial charge in [0.25, 0.3) is 0 Å². The first kappa shape index (κ1) is 25.1. The lowest BCUT2D eigenvalue weighted by Crippen LogP contribution is -2.34. The molecule has 4 nitrogen and oxygen atoms in total. The van der Waals surface area contributed by atoms with Crippen molar-refractivity contribution >= 4 is 16.8 Å². The summed E-state index contributed by atoms with van der Waals surface area (Å²) in [6.45, 7) is 3.99. The average molecular weight is 486 g/mol. The zero-order valence-electron chi connectivity index (χ0n) is 21.9. The molecule has 1 aromatic heterocycles. The molecule has 2 fully saturated rings. The largest absolute Gasteiger partial charge is 0.356 e. The number of nitrogens with zero attached hydrogens (tertiary/aromatic N) is 1. The quantitative estimate of drug-likeness (QED) is 0.374. The van der Waals surface area contributed by atoms with Crippen molar-refractivity contribution in [1.29, 1.82) is 0 Å². The van der Waals surface area contributed by atoms with Crippen molar-refractivity contribution in [3.63, 3.8) is 0 Å². The first-order chi connectivity index (χ1) is 17.6. The second-order valence-corrected chi connectivity index (χ2v) is 11.5. The van der Waals surface area contributed by atoms with Gasteiger partial charge in [0.05, 0.1) is 0 Å². The first-order valence-corrected chi connectivity index (χ1v) is 14.2. The number of benzene rings is 2. The number of fused-ring (bicyclic) bond motifs is 1. The predicted molar refractivity (Wildman–Crippen MR) is 149 cm³/mol. The van der Waals surface area contributed by atoms with Gasteiger partial charge in [-0.05, 0) is 74.5 Å². The molecule has 36 heavy (non-hydrogen) atoms. The van der Waals surface area contributed by atoms with Gasteiger partial charge in [-0.1, -0.05) is 67.3 Å². The number of hydrogen-bond acceptors (Lipinski definition) is 2. The molecule has 1 amide bonds. The summed E-state index contributed by atoms with van der Waals surface area (Å²) in [6.07, 6.45) is 14.0. The Kier molecular flexibility index (Phi) is 8.11. The summed E-state index contributed by atoms with van der Waals surface area (Å²) in [4.78, 5) is 13.3. The Bertz CT molecular complexity index is 1150. The molecular formula is C32H43N3O. The van der Waals surface area contributed by atoms with Crippen LogP contribution in [0.25, 0.3) is 10.9 Å². The Hall–Kier alpha value is -2.59. The zero-order valence-corrected chi connectivity index (χ0v) is 21.9. The molecule has 2 saturated carbocycles. The first-order valence-electron chi connectivity index (χ1n) is 14.2. The van der Waals surface area contributed by atoms with Crippen LogP contribution in [-0.2, 0) is 11.3 Å². The van der Waals surface area contributed by atoms with Gasteiger partial charge in [0.1, 0.15) is 0 Å².